The van der Waals surface area contributed by atoms with E-state index in [9.17, 15) is 18.0 Å². The fourth-order valence-corrected chi connectivity index (χ4v) is 4.68. The molecule has 1 aliphatic heterocycles. The number of carbonyl (C=O) groups is 1. The van der Waals surface area contributed by atoms with E-state index in [-0.39, 0.29) is 18.1 Å². The Kier molecular flexibility index (Phi) is 6.46. The molecule has 2 N–H and O–H groups in total. The number of nitrogen functional groups attached to an aromatic ring is 1. The molecule has 37 heavy (non-hydrogen) atoms. The summed E-state index contributed by atoms with van der Waals surface area (Å²) in [7, 11) is 1.64. The highest BCUT2D eigenvalue weighted by atomic mass is 19.4. The topological polar surface area (TPSA) is 95.5 Å². The molecule has 0 aliphatic carbocycles. The minimum Gasteiger partial charge on any atom is -0.406 e. The quantitative estimate of drug-likeness (QED) is 0.396. The molecule has 4 aromatic rings. The van der Waals surface area contributed by atoms with Crippen LogP contribution in [0.15, 0.2) is 55.0 Å². The van der Waals surface area contributed by atoms with Crippen molar-refractivity contribution < 1.29 is 27.4 Å². The molecule has 5 rings (SSSR count). The summed E-state index contributed by atoms with van der Waals surface area (Å²) in [5.41, 5.74) is 11.0. The molecule has 0 radical (unpaired) electrons. The number of benzene rings is 2. The number of methoxy groups -OCH3 is 1. The number of amides is 1. The molecule has 2 aromatic heterocycles. The first-order chi connectivity index (χ1) is 17.7. The van der Waals surface area contributed by atoms with Crippen molar-refractivity contribution in [1.82, 2.24) is 14.5 Å². The lowest BCUT2D eigenvalue weighted by atomic mass is 10.0. The molecule has 0 saturated heterocycles. The van der Waals surface area contributed by atoms with Gasteiger partial charge in [0.15, 0.2) is 0 Å². The molecule has 8 nitrogen and oxygen atoms in total. The Morgan fingerprint density at radius 1 is 1.16 bits per heavy atom. The molecule has 0 fully saturated rings. The smallest absolute Gasteiger partial charge is 0.406 e. The number of nitrogens with two attached hydrogens (primary N) is 1. The van der Waals surface area contributed by atoms with Gasteiger partial charge in [0.05, 0.1) is 18.4 Å². The number of fused-ring (bicyclic) bond motifs is 2. The second-order valence-electron chi connectivity index (χ2n) is 8.70. The molecule has 1 aliphatic rings. The zero-order valence-electron chi connectivity index (χ0n) is 20.0. The van der Waals surface area contributed by atoms with Crippen LogP contribution in [0.1, 0.15) is 11.1 Å². The van der Waals surface area contributed by atoms with Crippen molar-refractivity contribution in [2.45, 2.75) is 25.7 Å². The lowest BCUT2D eigenvalue weighted by molar-refractivity contribution is -0.274. The largest absolute Gasteiger partial charge is 0.573 e. The van der Waals surface area contributed by atoms with Crippen LogP contribution >= 0.6 is 0 Å². The van der Waals surface area contributed by atoms with Crippen molar-refractivity contribution in [2.24, 2.45) is 0 Å². The highest BCUT2D eigenvalue weighted by molar-refractivity contribution is 6.02. The maximum absolute atomic E-state index is 13.1. The first-order valence-corrected chi connectivity index (χ1v) is 11.6. The molecular formula is C26H24F3N5O3. The fraction of sp³-hybridized carbons (Fsp3) is 0.269. The van der Waals surface area contributed by atoms with Crippen molar-refractivity contribution in [1.29, 1.82) is 0 Å². The molecular weight excluding hydrogens is 487 g/mol. The summed E-state index contributed by atoms with van der Waals surface area (Å²) in [5, 5.41) is 0.755. The number of hydrogen-bond acceptors (Lipinski definition) is 6. The number of aromatic nitrogens is 3. The second-order valence-corrected chi connectivity index (χ2v) is 8.70. The number of halogens is 3. The number of ether oxygens (including phenoxy) is 2. The third-order valence-corrected chi connectivity index (χ3v) is 6.29. The van der Waals surface area contributed by atoms with Gasteiger partial charge in [-0.3, -0.25) is 4.79 Å². The normalized spacial score (nSPS) is 13.2. The minimum absolute atomic E-state index is 0.0445. The van der Waals surface area contributed by atoms with Crippen LogP contribution in [0.25, 0.3) is 22.2 Å². The Morgan fingerprint density at radius 2 is 2.00 bits per heavy atom. The monoisotopic (exact) mass is 511 g/mol. The van der Waals surface area contributed by atoms with Crippen molar-refractivity contribution in [2.75, 3.05) is 30.9 Å². The van der Waals surface area contributed by atoms with E-state index in [1.807, 2.05) is 29.0 Å². The zero-order chi connectivity index (χ0) is 26.2. The predicted molar refractivity (Wildman–Crippen MR) is 132 cm³/mol. The summed E-state index contributed by atoms with van der Waals surface area (Å²) in [6.07, 6.45) is -0.773. The number of rotatable bonds is 7. The van der Waals surface area contributed by atoms with Gasteiger partial charge < -0.3 is 24.7 Å². The first-order valence-electron chi connectivity index (χ1n) is 11.6. The number of carbonyl (C=O) groups excluding carboxylic acids is 1. The SMILES string of the molecule is COCCn1cc(-c2ccc3c(c2)CCN3C(=O)Cc2cccc(OC(F)(F)F)c2)c2c(N)ncnc21. The Balaban J connectivity index is 1.40. The van der Waals surface area contributed by atoms with Gasteiger partial charge in [0.2, 0.25) is 5.91 Å². The van der Waals surface area contributed by atoms with E-state index in [0.717, 1.165) is 27.8 Å². The molecule has 1 amide bonds. The van der Waals surface area contributed by atoms with Crippen LogP contribution in [0, 0.1) is 0 Å². The molecule has 0 unspecified atom stereocenters. The molecule has 0 saturated carbocycles. The van der Waals surface area contributed by atoms with Crippen LogP contribution in [0.2, 0.25) is 0 Å². The van der Waals surface area contributed by atoms with E-state index in [4.69, 9.17) is 10.5 Å². The van der Waals surface area contributed by atoms with Crippen LogP contribution in [0.5, 0.6) is 5.75 Å². The summed E-state index contributed by atoms with van der Waals surface area (Å²) in [6, 6.07) is 11.3. The molecule has 11 heteroatoms. The van der Waals surface area contributed by atoms with Crippen molar-refractivity contribution in [3.8, 4) is 16.9 Å². The van der Waals surface area contributed by atoms with E-state index in [1.165, 1.54) is 24.5 Å². The Labute approximate surface area is 210 Å². The van der Waals surface area contributed by atoms with Gasteiger partial charge in [-0.2, -0.15) is 0 Å². The highest BCUT2D eigenvalue weighted by Gasteiger charge is 2.31. The van der Waals surface area contributed by atoms with Crippen LogP contribution in [0.4, 0.5) is 24.7 Å². The summed E-state index contributed by atoms with van der Waals surface area (Å²) in [6.45, 7) is 1.60. The van der Waals surface area contributed by atoms with Crippen molar-refractivity contribution >= 4 is 28.4 Å². The van der Waals surface area contributed by atoms with Crippen LogP contribution in [-0.4, -0.2) is 47.1 Å². The Bertz CT molecular complexity index is 1470. The summed E-state index contributed by atoms with van der Waals surface area (Å²) in [4.78, 5) is 23.3. The van der Waals surface area contributed by atoms with Gasteiger partial charge >= 0.3 is 6.36 Å². The van der Waals surface area contributed by atoms with Gasteiger partial charge in [-0.05, 0) is 47.4 Å². The van der Waals surface area contributed by atoms with Gasteiger partial charge in [-0.1, -0.05) is 18.2 Å². The predicted octanol–water partition coefficient (Wildman–Crippen LogP) is 4.36. The van der Waals surface area contributed by atoms with Gasteiger partial charge in [-0.25, -0.2) is 9.97 Å². The van der Waals surface area contributed by atoms with E-state index in [1.54, 1.807) is 18.1 Å². The first kappa shape index (κ1) is 24.6. The average molecular weight is 512 g/mol. The molecule has 3 heterocycles. The van der Waals surface area contributed by atoms with Crippen LogP contribution in [-0.2, 0) is 28.9 Å². The van der Waals surface area contributed by atoms with Gasteiger partial charge in [0, 0.05) is 37.6 Å². The highest BCUT2D eigenvalue weighted by Crippen LogP contribution is 2.37. The Morgan fingerprint density at radius 3 is 2.78 bits per heavy atom. The minimum atomic E-state index is -4.79. The van der Waals surface area contributed by atoms with Gasteiger partial charge in [-0.15, -0.1) is 13.2 Å². The third kappa shape index (κ3) is 5.08. The maximum atomic E-state index is 13.1. The van der Waals surface area contributed by atoms with E-state index in [0.29, 0.717) is 43.1 Å². The van der Waals surface area contributed by atoms with Crippen molar-refractivity contribution in [3.05, 3.63) is 66.1 Å². The molecule has 192 valence electrons. The number of hydrogen-bond donors (Lipinski definition) is 1. The zero-order valence-corrected chi connectivity index (χ0v) is 20.0. The maximum Gasteiger partial charge on any atom is 0.573 e. The van der Waals surface area contributed by atoms with Gasteiger partial charge in [0.1, 0.15) is 23.5 Å². The van der Waals surface area contributed by atoms with Crippen LogP contribution < -0.4 is 15.4 Å². The number of alkyl halides is 3. The lowest BCUT2D eigenvalue weighted by Crippen LogP contribution is -2.30. The third-order valence-electron chi connectivity index (χ3n) is 6.29. The lowest BCUT2D eigenvalue weighted by Gasteiger charge is -2.18. The number of anilines is 2. The molecule has 0 atom stereocenters. The summed E-state index contributed by atoms with van der Waals surface area (Å²) < 4.78 is 48.8. The van der Waals surface area contributed by atoms with Crippen LogP contribution in [0.3, 0.4) is 0 Å². The fourth-order valence-electron chi connectivity index (χ4n) is 4.68. The standard InChI is InChI=1S/C26H24F3N5O3/c1-36-10-9-33-14-20(23-24(30)31-15-32-25(23)33)17-5-6-21-18(13-17)7-8-34(21)22(35)12-16-3-2-4-19(11-16)37-26(27,28)29/h2-6,11,13-15H,7-10,12H2,1H3,(H2,30,31,32). The molecule has 0 spiro atoms. The average Bonchev–Trinajstić information content (AvgIpc) is 3.44. The summed E-state index contributed by atoms with van der Waals surface area (Å²) >= 11 is 0. The van der Waals surface area contributed by atoms with E-state index >= 15 is 0 Å². The number of nitrogens with zero attached hydrogens (tertiary/aromatic N) is 4. The molecule has 0 bridgehead atoms. The molecule has 2 aromatic carbocycles. The van der Waals surface area contributed by atoms with E-state index < -0.39 is 6.36 Å². The summed E-state index contributed by atoms with van der Waals surface area (Å²) in [5.74, 6) is -0.174. The van der Waals surface area contributed by atoms with Crippen molar-refractivity contribution in [3.63, 3.8) is 0 Å². The Hall–Kier alpha value is -4.12. The van der Waals surface area contributed by atoms with E-state index in [2.05, 4.69) is 14.7 Å². The second kappa shape index (κ2) is 9.74. The van der Waals surface area contributed by atoms with Gasteiger partial charge in [0.25, 0.3) is 0 Å².